The van der Waals surface area contributed by atoms with E-state index in [9.17, 15) is 4.79 Å². The van der Waals surface area contributed by atoms with E-state index >= 15 is 0 Å². The molecule has 0 atom stereocenters. The van der Waals surface area contributed by atoms with Gasteiger partial charge in [0.05, 0.1) is 5.69 Å². The Bertz CT molecular complexity index is 793. The molecule has 116 valence electrons. The second-order valence-corrected chi connectivity index (χ2v) is 5.95. The van der Waals surface area contributed by atoms with Gasteiger partial charge in [-0.05, 0) is 54.9 Å². The topological polar surface area (TPSA) is 32.3 Å². The van der Waals surface area contributed by atoms with Crippen LogP contribution in [0.4, 0.5) is 5.69 Å². The van der Waals surface area contributed by atoms with E-state index in [1.54, 1.807) is 4.90 Å². The van der Waals surface area contributed by atoms with Crippen LogP contribution in [-0.4, -0.2) is 11.0 Å². The maximum Gasteiger partial charge on any atom is 0.281 e. The number of nitrogens with one attached hydrogen (secondary N) is 1. The summed E-state index contributed by atoms with van der Waals surface area (Å²) in [6.45, 7) is 4.12. The number of rotatable bonds is 3. The average Bonchev–Trinajstić information content (AvgIpc) is 2.83. The van der Waals surface area contributed by atoms with Crippen molar-refractivity contribution in [1.29, 1.82) is 0 Å². The van der Waals surface area contributed by atoms with Crippen molar-refractivity contribution in [2.45, 2.75) is 20.3 Å². The molecule has 2 aromatic rings. The van der Waals surface area contributed by atoms with Gasteiger partial charge in [-0.3, -0.25) is 9.69 Å². The first-order chi connectivity index (χ1) is 11.1. The van der Waals surface area contributed by atoms with Gasteiger partial charge in [0.25, 0.3) is 5.91 Å². The molecule has 1 heterocycles. The third kappa shape index (κ3) is 3.17. The summed E-state index contributed by atoms with van der Waals surface area (Å²) in [4.78, 5) is 14.2. The Morgan fingerprint density at radius 1 is 1.17 bits per heavy atom. The number of aryl methyl sites for hydroxylation is 2. The van der Waals surface area contributed by atoms with E-state index in [4.69, 9.17) is 12.2 Å². The minimum atomic E-state index is -0.121. The van der Waals surface area contributed by atoms with Crippen LogP contribution in [0.25, 0.3) is 6.08 Å². The molecular weight excluding hydrogens is 304 g/mol. The van der Waals surface area contributed by atoms with Gasteiger partial charge in [0.2, 0.25) is 0 Å². The Labute approximate surface area is 141 Å². The normalized spacial score (nSPS) is 16.1. The molecule has 1 aliphatic heterocycles. The molecule has 1 N–H and O–H groups in total. The van der Waals surface area contributed by atoms with Crippen LogP contribution in [0.1, 0.15) is 23.6 Å². The maximum absolute atomic E-state index is 12.7. The first-order valence-electron chi connectivity index (χ1n) is 7.61. The van der Waals surface area contributed by atoms with Gasteiger partial charge in [0.1, 0.15) is 5.70 Å². The summed E-state index contributed by atoms with van der Waals surface area (Å²) >= 11 is 5.35. The second-order valence-electron chi connectivity index (χ2n) is 5.56. The van der Waals surface area contributed by atoms with E-state index in [1.165, 1.54) is 11.1 Å². The quantitative estimate of drug-likeness (QED) is 0.689. The van der Waals surface area contributed by atoms with E-state index in [-0.39, 0.29) is 5.91 Å². The predicted octanol–water partition coefficient (Wildman–Crippen LogP) is 3.82. The van der Waals surface area contributed by atoms with E-state index in [0.717, 1.165) is 17.7 Å². The van der Waals surface area contributed by atoms with Crippen molar-refractivity contribution in [3.8, 4) is 0 Å². The van der Waals surface area contributed by atoms with Crippen LogP contribution in [0.3, 0.4) is 0 Å². The summed E-state index contributed by atoms with van der Waals surface area (Å²) in [5.74, 6) is -0.121. The Hall–Kier alpha value is -2.46. The summed E-state index contributed by atoms with van der Waals surface area (Å²) in [6, 6.07) is 15.9. The summed E-state index contributed by atoms with van der Waals surface area (Å²) < 4.78 is 0. The highest BCUT2D eigenvalue weighted by Crippen LogP contribution is 2.23. The van der Waals surface area contributed by atoms with E-state index < -0.39 is 0 Å². The van der Waals surface area contributed by atoms with Gasteiger partial charge in [0.15, 0.2) is 5.11 Å². The summed E-state index contributed by atoms with van der Waals surface area (Å²) in [5.41, 5.74) is 4.64. The van der Waals surface area contributed by atoms with Crippen molar-refractivity contribution in [3.63, 3.8) is 0 Å². The minimum Gasteiger partial charge on any atom is -0.327 e. The molecular formula is C19H18N2OS. The van der Waals surface area contributed by atoms with Crippen LogP contribution < -0.4 is 10.2 Å². The lowest BCUT2D eigenvalue weighted by molar-refractivity contribution is -0.113. The van der Waals surface area contributed by atoms with Crippen LogP contribution in [0.15, 0.2) is 54.2 Å². The SMILES string of the molecule is CCc1cccc(N2C(=O)/C(=C\c3ccc(C)cc3)NC2=S)c1. The molecule has 1 aliphatic rings. The molecule has 2 aromatic carbocycles. The van der Waals surface area contributed by atoms with Crippen molar-refractivity contribution >= 4 is 35.0 Å². The lowest BCUT2D eigenvalue weighted by Crippen LogP contribution is -2.30. The van der Waals surface area contributed by atoms with Gasteiger partial charge in [-0.2, -0.15) is 0 Å². The lowest BCUT2D eigenvalue weighted by Gasteiger charge is -2.14. The number of benzene rings is 2. The summed E-state index contributed by atoms with van der Waals surface area (Å²) in [5, 5.41) is 3.44. The standard InChI is InChI=1S/C19H18N2OS/c1-3-14-5-4-6-16(11-14)21-18(22)17(20-19(21)23)12-15-9-7-13(2)8-10-15/h4-12H,3H2,1-2H3,(H,20,23)/b17-12+. The molecule has 0 radical (unpaired) electrons. The smallest absolute Gasteiger partial charge is 0.281 e. The Balaban J connectivity index is 1.91. The lowest BCUT2D eigenvalue weighted by atomic mass is 10.1. The van der Waals surface area contributed by atoms with Gasteiger partial charge in [0, 0.05) is 0 Å². The summed E-state index contributed by atoms with van der Waals surface area (Å²) in [6.07, 6.45) is 2.75. The van der Waals surface area contributed by atoms with Crippen molar-refractivity contribution < 1.29 is 4.79 Å². The largest absolute Gasteiger partial charge is 0.327 e. The molecule has 4 heteroatoms. The minimum absolute atomic E-state index is 0.121. The molecule has 0 saturated carbocycles. The second kappa shape index (κ2) is 6.34. The van der Waals surface area contributed by atoms with Crippen LogP contribution in [0.2, 0.25) is 0 Å². The predicted molar refractivity (Wildman–Crippen MR) is 98.2 cm³/mol. The highest BCUT2D eigenvalue weighted by Gasteiger charge is 2.31. The molecule has 1 saturated heterocycles. The number of hydrogen-bond acceptors (Lipinski definition) is 2. The number of anilines is 1. The highest BCUT2D eigenvalue weighted by atomic mass is 32.1. The fraction of sp³-hybridized carbons (Fsp3) is 0.158. The zero-order valence-corrected chi connectivity index (χ0v) is 14.0. The van der Waals surface area contributed by atoms with Gasteiger partial charge < -0.3 is 5.32 Å². The zero-order valence-electron chi connectivity index (χ0n) is 13.2. The fourth-order valence-electron chi connectivity index (χ4n) is 2.51. The molecule has 1 amide bonds. The molecule has 0 aromatic heterocycles. The molecule has 0 unspecified atom stereocenters. The number of nitrogens with zero attached hydrogens (tertiary/aromatic N) is 1. The Kier molecular flexibility index (Phi) is 4.26. The molecule has 3 rings (SSSR count). The Morgan fingerprint density at radius 3 is 2.61 bits per heavy atom. The molecule has 3 nitrogen and oxygen atoms in total. The number of thiocarbonyl (C=S) groups is 1. The van der Waals surface area contributed by atoms with Crippen molar-refractivity contribution in [1.82, 2.24) is 5.32 Å². The van der Waals surface area contributed by atoms with Gasteiger partial charge in [-0.1, -0.05) is 48.9 Å². The van der Waals surface area contributed by atoms with Crippen LogP contribution in [-0.2, 0) is 11.2 Å². The third-order valence-corrected chi connectivity index (χ3v) is 4.13. The number of amides is 1. The van der Waals surface area contributed by atoms with Crippen LogP contribution >= 0.6 is 12.2 Å². The van der Waals surface area contributed by atoms with E-state index in [2.05, 4.69) is 12.2 Å². The Morgan fingerprint density at radius 2 is 1.91 bits per heavy atom. The third-order valence-electron chi connectivity index (χ3n) is 3.84. The van der Waals surface area contributed by atoms with Crippen molar-refractivity contribution in [2.24, 2.45) is 0 Å². The van der Waals surface area contributed by atoms with Gasteiger partial charge in [-0.25, -0.2) is 0 Å². The van der Waals surface area contributed by atoms with Crippen LogP contribution in [0, 0.1) is 6.92 Å². The highest BCUT2D eigenvalue weighted by molar-refractivity contribution is 7.80. The fourth-order valence-corrected chi connectivity index (χ4v) is 2.81. The summed E-state index contributed by atoms with van der Waals surface area (Å²) in [7, 11) is 0. The van der Waals surface area contributed by atoms with E-state index in [1.807, 2.05) is 61.5 Å². The monoisotopic (exact) mass is 322 g/mol. The van der Waals surface area contributed by atoms with Crippen LogP contribution in [0.5, 0.6) is 0 Å². The molecule has 1 fully saturated rings. The van der Waals surface area contributed by atoms with Gasteiger partial charge >= 0.3 is 0 Å². The molecule has 0 bridgehead atoms. The van der Waals surface area contributed by atoms with Crippen molar-refractivity contribution in [3.05, 3.63) is 70.9 Å². The first kappa shape index (κ1) is 15.4. The number of hydrogen-bond donors (Lipinski definition) is 1. The number of carbonyl (C=O) groups is 1. The first-order valence-corrected chi connectivity index (χ1v) is 8.02. The maximum atomic E-state index is 12.7. The zero-order chi connectivity index (χ0) is 16.4. The molecule has 23 heavy (non-hydrogen) atoms. The molecule has 0 aliphatic carbocycles. The van der Waals surface area contributed by atoms with Gasteiger partial charge in [-0.15, -0.1) is 0 Å². The average molecular weight is 322 g/mol. The number of carbonyl (C=O) groups excluding carboxylic acids is 1. The van der Waals surface area contributed by atoms with Crippen molar-refractivity contribution in [2.75, 3.05) is 4.90 Å². The molecule has 0 spiro atoms. The van der Waals surface area contributed by atoms with E-state index in [0.29, 0.717) is 10.8 Å².